The summed E-state index contributed by atoms with van der Waals surface area (Å²) in [5.41, 5.74) is 2.94. The van der Waals surface area contributed by atoms with E-state index in [1.54, 1.807) is 13.2 Å². The fourth-order valence-corrected chi connectivity index (χ4v) is 4.20. The molecule has 7 heteroatoms. The zero-order valence-corrected chi connectivity index (χ0v) is 17.5. The Morgan fingerprint density at radius 2 is 2.00 bits per heavy atom. The lowest BCUT2D eigenvalue weighted by atomic mass is 10.1. The van der Waals surface area contributed by atoms with E-state index in [0.717, 1.165) is 26.4 Å². The number of anilines is 1. The number of pyridine rings is 1. The van der Waals surface area contributed by atoms with Crippen molar-refractivity contribution in [3.05, 3.63) is 91.7 Å². The molecule has 1 amide bonds. The Hall–Kier alpha value is -2.96. The second kappa shape index (κ2) is 7.81. The van der Waals surface area contributed by atoms with Crippen molar-refractivity contribution in [2.24, 2.45) is 7.05 Å². The Bertz CT molecular complexity index is 1290. The first-order valence-electron chi connectivity index (χ1n) is 9.02. The van der Waals surface area contributed by atoms with Gasteiger partial charge >= 0.3 is 0 Å². The van der Waals surface area contributed by atoms with Crippen LogP contribution in [0.15, 0.2) is 59.5 Å². The molecule has 1 N–H and O–H groups in total. The fourth-order valence-electron chi connectivity index (χ4n) is 3.16. The Kier molecular flexibility index (Phi) is 5.22. The van der Waals surface area contributed by atoms with E-state index in [1.807, 2.05) is 49.4 Å². The number of halogens is 1. The predicted octanol–water partition coefficient (Wildman–Crippen LogP) is 4.80. The number of benzene rings is 2. The number of nitrogens with one attached hydrogen (secondary N) is 1. The predicted molar refractivity (Wildman–Crippen MR) is 118 cm³/mol. The number of rotatable bonds is 4. The van der Waals surface area contributed by atoms with E-state index in [1.165, 1.54) is 22.0 Å². The van der Waals surface area contributed by atoms with E-state index in [2.05, 4.69) is 10.3 Å². The highest BCUT2D eigenvalue weighted by Crippen LogP contribution is 2.25. The van der Waals surface area contributed by atoms with Crippen LogP contribution in [0.3, 0.4) is 0 Å². The molecule has 0 unspecified atom stereocenters. The van der Waals surface area contributed by atoms with Gasteiger partial charge in [0.15, 0.2) is 5.13 Å². The average molecular weight is 424 g/mol. The molecular formula is C22H18ClN3O2S. The van der Waals surface area contributed by atoms with Crippen molar-refractivity contribution >= 4 is 44.9 Å². The maximum atomic E-state index is 12.8. The minimum Gasteiger partial charge on any atom is -0.311 e. The molecule has 0 saturated carbocycles. The normalized spacial score (nSPS) is 11.0. The number of thiazole rings is 1. The van der Waals surface area contributed by atoms with Gasteiger partial charge in [-0.05, 0) is 30.2 Å². The average Bonchev–Trinajstić information content (AvgIpc) is 3.14. The second-order valence-corrected chi connectivity index (χ2v) is 8.34. The van der Waals surface area contributed by atoms with Crippen LogP contribution in [-0.2, 0) is 13.5 Å². The van der Waals surface area contributed by atoms with Gasteiger partial charge in [-0.1, -0.05) is 41.9 Å². The SMILES string of the molecule is Cc1ccc(Cc2cnc(NC(=O)c3cc(=O)n(C)c4ccccc34)s2)cc1Cl. The molecule has 5 nitrogen and oxygen atoms in total. The minimum atomic E-state index is -0.349. The first-order valence-corrected chi connectivity index (χ1v) is 10.2. The first kappa shape index (κ1) is 19.4. The molecule has 2 aromatic carbocycles. The summed E-state index contributed by atoms with van der Waals surface area (Å²) in [4.78, 5) is 30.4. The quantitative estimate of drug-likeness (QED) is 0.512. The largest absolute Gasteiger partial charge is 0.311 e. The lowest BCUT2D eigenvalue weighted by molar-refractivity contribution is 0.102. The maximum absolute atomic E-state index is 12.8. The highest BCUT2D eigenvalue weighted by molar-refractivity contribution is 7.15. The molecule has 0 spiro atoms. The zero-order chi connectivity index (χ0) is 20.5. The van der Waals surface area contributed by atoms with Crippen LogP contribution in [0.4, 0.5) is 5.13 Å². The van der Waals surface area contributed by atoms with E-state index in [9.17, 15) is 9.59 Å². The van der Waals surface area contributed by atoms with Crippen molar-refractivity contribution in [1.29, 1.82) is 0 Å². The number of para-hydroxylation sites is 1. The van der Waals surface area contributed by atoms with Crippen molar-refractivity contribution in [1.82, 2.24) is 9.55 Å². The summed E-state index contributed by atoms with van der Waals surface area (Å²) >= 11 is 7.60. The molecule has 0 aliphatic carbocycles. The number of aryl methyl sites for hydroxylation is 2. The maximum Gasteiger partial charge on any atom is 0.258 e. The van der Waals surface area contributed by atoms with Crippen LogP contribution in [0, 0.1) is 6.92 Å². The molecule has 0 saturated heterocycles. The van der Waals surface area contributed by atoms with Gasteiger partial charge in [-0.25, -0.2) is 4.98 Å². The van der Waals surface area contributed by atoms with E-state index < -0.39 is 0 Å². The summed E-state index contributed by atoms with van der Waals surface area (Å²) in [6.07, 6.45) is 2.43. The number of hydrogen-bond acceptors (Lipinski definition) is 4. The topological polar surface area (TPSA) is 64.0 Å². The molecule has 2 heterocycles. The van der Waals surface area contributed by atoms with Crippen LogP contribution in [0.2, 0.25) is 5.02 Å². The third-order valence-corrected chi connectivity index (χ3v) is 6.11. The summed E-state index contributed by atoms with van der Waals surface area (Å²) in [6, 6.07) is 14.7. The summed E-state index contributed by atoms with van der Waals surface area (Å²) in [5.74, 6) is -0.349. The number of nitrogens with zero attached hydrogens (tertiary/aromatic N) is 2. The van der Waals surface area contributed by atoms with E-state index in [-0.39, 0.29) is 11.5 Å². The van der Waals surface area contributed by atoms with Gasteiger partial charge in [0, 0.05) is 41.0 Å². The summed E-state index contributed by atoms with van der Waals surface area (Å²) in [6.45, 7) is 1.97. The number of aromatic nitrogens is 2. The van der Waals surface area contributed by atoms with Crippen LogP contribution in [0.25, 0.3) is 10.9 Å². The fraction of sp³-hybridized carbons (Fsp3) is 0.136. The molecule has 0 bridgehead atoms. The molecular weight excluding hydrogens is 406 g/mol. The van der Waals surface area contributed by atoms with Crippen molar-refractivity contribution in [2.45, 2.75) is 13.3 Å². The lowest BCUT2D eigenvalue weighted by Crippen LogP contribution is -2.21. The highest BCUT2D eigenvalue weighted by Gasteiger charge is 2.15. The smallest absolute Gasteiger partial charge is 0.258 e. The van der Waals surface area contributed by atoms with Crippen LogP contribution >= 0.6 is 22.9 Å². The Labute approximate surface area is 176 Å². The summed E-state index contributed by atoms with van der Waals surface area (Å²) in [5, 5.41) is 4.77. The van der Waals surface area contributed by atoms with Crippen LogP contribution in [0.1, 0.15) is 26.4 Å². The lowest BCUT2D eigenvalue weighted by Gasteiger charge is -2.09. The van der Waals surface area contributed by atoms with Gasteiger partial charge in [0.1, 0.15) is 0 Å². The molecule has 29 heavy (non-hydrogen) atoms. The van der Waals surface area contributed by atoms with Gasteiger partial charge in [0.2, 0.25) is 0 Å². The molecule has 2 aromatic heterocycles. The Morgan fingerprint density at radius 3 is 2.79 bits per heavy atom. The molecule has 0 aliphatic heterocycles. The standard InChI is InChI=1S/C22H18ClN3O2S/c1-13-7-8-14(10-18(13)23)9-15-12-24-22(29-15)25-21(28)17-11-20(27)26(2)19-6-4-3-5-16(17)19/h3-8,10-12H,9H2,1-2H3,(H,24,25,28). The highest BCUT2D eigenvalue weighted by atomic mass is 35.5. The molecule has 0 aliphatic rings. The van der Waals surface area contributed by atoms with Crippen molar-refractivity contribution in [2.75, 3.05) is 5.32 Å². The monoisotopic (exact) mass is 423 g/mol. The van der Waals surface area contributed by atoms with Crippen molar-refractivity contribution in [3.63, 3.8) is 0 Å². The van der Waals surface area contributed by atoms with Gasteiger partial charge in [0.05, 0.1) is 11.1 Å². The van der Waals surface area contributed by atoms with Gasteiger partial charge in [0.25, 0.3) is 11.5 Å². The number of amides is 1. The molecule has 4 rings (SSSR count). The number of carbonyl (C=O) groups is 1. The zero-order valence-electron chi connectivity index (χ0n) is 15.9. The summed E-state index contributed by atoms with van der Waals surface area (Å²) in [7, 11) is 1.69. The van der Waals surface area contributed by atoms with Gasteiger partial charge in [-0.3, -0.25) is 14.9 Å². The Morgan fingerprint density at radius 1 is 1.21 bits per heavy atom. The van der Waals surface area contributed by atoms with Gasteiger partial charge in [-0.15, -0.1) is 11.3 Å². The van der Waals surface area contributed by atoms with Gasteiger partial charge in [-0.2, -0.15) is 0 Å². The van der Waals surface area contributed by atoms with Gasteiger partial charge < -0.3 is 4.57 Å². The number of fused-ring (bicyclic) bond motifs is 1. The molecule has 0 fully saturated rings. The molecule has 0 radical (unpaired) electrons. The van der Waals surface area contributed by atoms with Crippen LogP contribution in [0.5, 0.6) is 0 Å². The van der Waals surface area contributed by atoms with Crippen molar-refractivity contribution < 1.29 is 4.79 Å². The third kappa shape index (κ3) is 3.95. The minimum absolute atomic E-state index is 0.232. The van der Waals surface area contributed by atoms with Crippen LogP contribution < -0.4 is 10.9 Å². The Balaban J connectivity index is 1.57. The summed E-state index contributed by atoms with van der Waals surface area (Å²) < 4.78 is 1.53. The van der Waals surface area contributed by atoms with E-state index >= 15 is 0 Å². The third-order valence-electron chi connectivity index (χ3n) is 4.79. The van der Waals surface area contributed by atoms with Crippen LogP contribution in [-0.4, -0.2) is 15.5 Å². The number of hydrogen-bond donors (Lipinski definition) is 1. The first-order chi connectivity index (χ1) is 13.9. The van der Waals surface area contributed by atoms with Crippen molar-refractivity contribution in [3.8, 4) is 0 Å². The van der Waals surface area contributed by atoms with E-state index in [0.29, 0.717) is 22.6 Å². The molecule has 0 atom stereocenters. The molecule has 146 valence electrons. The second-order valence-electron chi connectivity index (χ2n) is 6.82. The van der Waals surface area contributed by atoms with E-state index in [4.69, 9.17) is 11.6 Å². The number of carbonyl (C=O) groups excluding carboxylic acids is 1. The molecule has 4 aromatic rings.